The molecule has 150 valence electrons. The minimum absolute atomic E-state index is 0.175. The van der Waals surface area contributed by atoms with Gasteiger partial charge in [-0.25, -0.2) is 4.79 Å². The molecule has 0 spiro atoms. The van der Waals surface area contributed by atoms with E-state index >= 15 is 0 Å². The summed E-state index contributed by atoms with van der Waals surface area (Å²) in [5, 5.41) is 2.61. The zero-order valence-electron chi connectivity index (χ0n) is 17.2. The predicted octanol–water partition coefficient (Wildman–Crippen LogP) is 2.66. The van der Waals surface area contributed by atoms with Gasteiger partial charge in [-0.05, 0) is 39.3 Å². The fourth-order valence-corrected chi connectivity index (χ4v) is 2.67. The molecule has 1 aliphatic rings. The summed E-state index contributed by atoms with van der Waals surface area (Å²) in [6.07, 6.45) is 2.87. The molecule has 1 aliphatic heterocycles. The lowest BCUT2D eigenvalue weighted by molar-refractivity contribution is 0.00578. The van der Waals surface area contributed by atoms with Crippen LogP contribution in [0.25, 0.3) is 0 Å². The van der Waals surface area contributed by atoms with Crippen LogP contribution in [0.1, 0.15) is 38.8 Å². The second-order valence-electron chi connectivity index (χ2n) is 7.81. The van der Waals surface area contributed by atoms with E-state index in [1.807, 2.05) is 64.1 Å². The second-order valence-corrected chi connectivity index (χ2v) is 7.81. The molecule has 2 aromatic rings. The van der Waals surface area contributed by atoms with Crippen molar-refractivity contribution in [2.24, 2.45) is 0 Å². The molecule has 0 aliphatic carbocycles. The van der Waals surface area contributed by atoms with Gasteiger partial charge in [-0.1, -0.05) is 42.2 Å². The first-order chi connectivity index (χ1) is 13.8. The molecule has 6 nitrogen and oxygen atoms in total. The van der Waals surface area contributed by atoms with Crippen molar-refractivity contribution in [3.63, 3.8) is 0 Å². The Morgan fingerprint density at radius 1 is 1.14 bits per heavy atom. The normalized spacial score (nSPS) is 16.6. The van der Waals surface area contributed by atoms with Crippen LogP contribution in [-0.4, -0.2) is 35.9 Å². The van der Waals surface area contributed by atoms with E-state index in [2.05, 4.69) is 22.1 Å². The summed E-state index contributed by atoms with van der Waals surface area (Å²) < 4.78 is 17.2. The van der Waals surface area contributed by atoms with E-state index in [0.717, 1.165) is 16.6 Å². The third-order valence-corrected chi connectivity index (χ3v) is 5.05. The van der Waals surface area contributed by atoms with Crippen molar-refractivity contribution in [3.05, 3.63) is 59.9 Å². The SMILES string of the molecule is CC1(C)OB(c2cncc(C#CCNC(=O)OCc3ccccc3)c2)OC1(C)C. The second kappa shape index (κ2) is 8.68. The van der Waals surface area contributed by atoms with Crippen LogP contribution in [0, 0.1) is 11.8 Å². The molecule has 7 heteroatoms. The first kappa shape index (κ1) is 20.9. The first-order valence-electron chi connectivity index (χ1n) is 9.51. The van der Waals surface area contributed by atoms with Gasteiger partial charge in [0.1, 0.15) is 6.61 Å². The molecule has 1 N–H and O–H groups in total. The summed E-state index contributed by atoms with van der Waals surface area (Å²) in [6, 6.07) is 11.4. The van der Waals surface area contributed by atoms with Crippen LogP contribution < -0.4 is 10.8 Å². The molecule has 3 rings (SSSR count). The summed E-state index contributed by atoms with van der Waals surface area (Å²) in [6.45, 7) is 8.42. The van der Waals surface area contributed by atoms with Gasteiger partial charge in [0.05, 0.1) is 17.7 Å². The summed E-state index contributed by atoms with van der Waals surface area (Å²) >= 11 is 0. The standard InChI is InChI=1S/C22H25BN2O4/c1-21(2)22(3,4)29-23(28-21)19-13-18(14-24-15-19)11-8-12-25-20(26)27-16-17-9-6-5-7-10-17/h5-7,9-10,13-15H,12,16H2,1-4H3,(H,25,26). The highest BCUT2D eigenvalue weighted by molar-refractivity contribution is 6.62. The zero-order valence-corrected chi connectivity index (χ0v) is 17.2. The lowest BCUT2D eigenvalue weighted by Gasteiger charge is -2.32. The number of amides is 1. The number of pyridine rings is 1. The van der Waals surface area contributed by atoms with Crippen molar-refractivity contribution in [3.8, 4) is 11.8 Å². The number of carbonyl (C=O) groups is 1. The topological polar surface area (TPSA) is 69.7 Å². The van der Waals surface area contributed by atoms with Crippen LogP contribution in [0.5, 0.6) is 0 Å². The van der Waals surface area contributed by atoms with Crippen LogP contribution in [0.3, 0.4) is 0 Å². The minimum Gasteiger partial charge on any atom is -0.445 e. The lowest BCUT2D eigenvalue weighted by atomic mass is 9.80. The van der Waals surface area contributed by atoms with Gasteiger partial charge in [-0.2, -0.15) is 0 Å². The van der Waals surface area contributed by atoms with Crippen LogP contribution in [0.15, 0.2) is 48.8 Å². The lowest BCUT2D eigenvalue weighted by Crippen LogP contribution is -2.41. The number of hydrogen-bond acceptors (Lipinski definition) is 5. The molecular formula is C22H25BN2O4. The molecule has 1 aromatic carbocycles. The molecule has 1 fully saturated rings. The average Bonchev–Trinajstić information content (AvgIpc) is 2.92. The number of carbonyl (C=O) groups excluding carboxylic acids is 1. The third kappa shape index (κ3) is 5.38. The van der Waals surface area contributed by atoms with Gasteiger partial charge in [0.15, 0.2) is 0 Å². The highest BCUT2D eigenvalue weighted by Crippen LogP contribution is 2.36. The van der Waals surface area contributed by atoms with E-state index in [1.165, 1.54) is 0 Å². The van der Waals surface area contributed by atoms with Gasteiger partial charge < -0.3 is 19.4 Å². The van der Waals surface area contributed by atoms with Crippen LogP contribution >= 0.6 is 0 Å². The van der Waals surface area contributed by atoms with Gasteiger partial charge in [0.2, 0.25) is 0 Å². The Morgan fingerprint density at radius 2 is 1.83 bits per heavy atom. The molecule has 2 heterocycles. The summed E-state index contributed by atoms with van der Waals surface area (Å²) in [5.74, 6) is 5.88. The number of benzene rings is 1. The molecule has 1 saturated heterocycles. The molecule has 0 unspecified atom stereocenters. The number of rotatable bonds is 4. The Kier molecular flexibility index (Phi) is 6.26. The monoisotopic (exact) mass is 392 g/mol. The Balaban J connectivity index is 1.51. The van der Waals surface area contributed by atoms with E-state index in [-0.39, 0.29) is 13.2 Å². The van der Waals surface area contributed by atoms with Gasteiger partial charge in [-0.15, -0.1) is 0 Å². The van der Waals surface area contributed by atoms with E-state index in [4.69, 9.17) is 14.0 Å². The van der Waals surface area contributed by atoms with Crippen molar-refractivity contribution >= 4 is 18.7 Å². The van der Waals surface area contributed by atoms with Gasteiger partial charge >= 0.3 is 13.2 Å². The zero-order chi connectivity index (χ0) is 20.9. The molecule has 0 bridgehead atoms. The fraction of sp³-hybridized carbons (Fsp3) is 0.364. The number of aromatic nitrogens is 1. The Morgan fingerprint density at radius 3 is 2.52 bits per heavy atom. The molecule has 0 atom stereocenters. The van der Waals surface area contributed by atoms with E-state index in [9.17, 15) is 4.79 Å². The third-order valence-electron chi connectivity index (χ3n) is 5.05. The number of nitrogens with zero attached hydrogens (tertiary/aromatic N) is 1. The molecule has 0 radical (unpaired) electrons. The quantitative estimate of drug-likeness (QED) is 0.640. The van der Waals surface area contributed by atoms with Crippen LogP contribution in [0.4, 0.5) is 4.79 Å². The largest absolute Gasteiger partial charge is 0.496 e. The number of hydrogen-bond donors (Lipinski definition) is 1. The fourth-order valence-electron chi connectivity index (χ4n) is 2.67. The van der Waals surface area contributed by atoms with Crippen molar-refractivity contribution < 1.29 is 18.8 Å². The average molecular weight is 392 g/mol. The first-order valence-corrected chi connectivity index (χ1v) is 9.51. The molecule has 1 aromatic heterocycles. The Bertz CT molecular complexity index is 903. The van der Waals surface area contributed by atoms with Crippen molar-refractivity contribution in [2.45, 2.75) is 45.5 Å². The van der Waals surface area contributed by atoms with Crippen molar-refractivity contribution in [1.82, 2.24) is 10.3 Å². The summed E-state index contributed by atoms with van der Waals surface area (Å²) in [5.41, 5.74) is 1.63. The maximum Gasteiger partial charge on any atom is 0.496 e. The number of alkyl carbamates (subject to hydrolysis) is 1. The van der Waals surface area contributed by atoms with Crippen LogP contribution in [-0.2, 0) is 20.7 Å². The molecular weight excluding hydrogens is 367 g/mol. The van der Waals surface area contributed by atoms with Crippen LogP contribution in [0.2, 0.25) is 0 Å². The van der Waals surface area contributed by atoms with E-state index < -0.39 is 24.4 Å². The maximum absolute atomic E-state index is 11.7. The smallest absolute Gasteiger partial charge is 0.445 e. The molecule has 0 saturated carbocycles. The van der Waals surface area contributed by atoms with Gasteiger partial charge in [-0.3, -0.25) is 4.98 Å². The minimum atomic E-state index is -0.507. The van der Waals surface area contributed by atoms with E-state index in [1.54, 1.807) is 12.4 Å². The molecule has 29 heavy (non-hydrogen) atoms. The van der Waals surface area contributed by atoms with Gasteiger partial charge in [0, 0.05) is 23.4 Å². The maximum atomic E-state index is 11.7. The van der Waals surface area contributed by atoms with Crippen molar-refractivity contribution in [1.29, 1.82) is 0 Å². The summed E-state index contributed by atoms with van der Waals surface area (Å²) in [7, 11) is -0.486. The Hall–Kier alpha value is -2.82. The van der Waals surface area contributed by atoms with Crippen molar-refractivity contribution in [2.75, 3.05) is 6.54 Å². The highest BCUT2D eigenvalue weighted by Gasteiger charge is 2.51. The highest BCUT2D eigenvalue weighted by atomic mass is 16.7. The predicted molar refractivity (Wildman–Crippen MR) is 111 cm³/mol. The Labute approximate surface area is 172 Å². The van der Waals surface area contributed by atoms with E-state index in [0.29, 0.717) is 0 Å². The molecule has 1 amide bonds. The number of nitrogens with one attached hydrogen (secondary N) is 1. The number of ether oxygens (including phenoxy) is 1. The van der Waals surface area contributed by atoms with Gasteiger partial charge in [0.25, 0.3) is 0 Å². The summed E-state index contributed by atoms with van der Waals surface area (Å²) in [4.78, 5) is 16.0.